The zero-order valence-corrected chi connectivity index (χ0v) is 14.6. The van der Waals surface area contributed by atoms with Crippen LogP contribution < -0.4 is 10.6 Å². The van der Waals surface area contributed by atoms with E-state index in [1.807, 2.05) is 43.6 Å². The highest BCUT2D eigenvalue weighted by Gasteiger charge is 2.29. The molecular weight excluding hydrogens is 324 g/mol. The number of amides is 1. The standard InChI is InChI=1S/C21H20N4O/c1-22-20-18-13-23-19(25-21(26)15-9-10-15)11-17(18)16(12-24-20)8-7-14-5-3-2-4-6-14/h2-8,11-13,15H,9-10H2,1H3,(H,22,24)(H,23,25,26)/b8-7+. The zero-order chi connectivity index (χ0) is 17.9. The van der Waals surface area contributed by atoms with Gasteiger partial charge >= 0.3 is 0 Å². The van der Waals surface area contributed by atoms with Crippen LogP contribution in [0.15, 0.2) is 48.8 Å². The van der Waals surface area contributed by atoms with Gasteiger partial charge in [-0.3, -0.25) is 4.79 Å². The smallest absolute Gasteiger partial charge is 0.228 e. The molecule has 2 aromatic heterocycles. The first kappa shape index (κ1) is 16.3. The van der Waals surface area contributed by atoms with Crippen LogP contribution in [0, 0.1) is 5.92 Å². The van der Waals surface area contributed by atoms with Gasteiger partial charge in [-0.1, -0.05) is 42.5 Å². The molecule has 1 saturated carbocycles. The molecule has 0 spiro atoms. The lowest BCUT2D eigenvalue weighted by molar-refractivity contribution is -0.117. The molecular formula is C21H20N4O. The van der Waals surface area contributed by atoms with Crippen LogP contribution in [0.5, 0.6) is 0 Å². The molecule has 1 fully saturated rings. The lowest BCUT2D eigenvalue weighted by Gasteiger charge is -2.10. The summed E-state index contributed by atoms with van der Waals surface area (Å²) in [4.78, 5) is 20.9. The first-order valence-corrected chi connectivity index (χ1v) is 8.75. The van der Waals surface area contributed by atoms with Gasteiger partial charge in [0, 0.05) is 36.3 Å². The summed E-state index contributed by atoms with van der Waals surface area (Å²) in [6.45, 7) is 0. The number of carbonyl (C=O) groups is 1. The molecule has 3 aromatic rings. The third-order valence-corrected chi connectivity index (χ3v) is 4.49. The lowest BCUT2D eigenvalue weighted by Crippen LogP contribution is -2.14. The maximum Gasteiger partial charge on any atom is 0.228 e. The highest BCUT2D eigenvalue weighted by Crippen LogP contribution is 2.31. The van der Waals surface area contributed by atoms with Gasteiger partial charge in [-0.25, -0.2) is 9.97 Å². The molecule has 0 radical (unpaired) electrons. The topological polar surface area (TPSA) is 66.9 Å². The molecule has 5 heteroatoms. The van der Waals surface area contributed by atoms with E-state index in [-0.39, 0.29) is 11.8 Å². The third-order valence-electron chi connectivity index (χ3n) is 4.49. The molecule has 0 aliphatic heterocycles. The molecule has 0 saturated heterocycles. The summed E-state index contributed by atoms with van der Waals surface area (Å²) < 4.78 is 0. The van der Waals surface area contributed by atoms with Gasteiger partial charge in [0.15, 0.2) is 0 Å². The Morgan fingerprint density at radius 2 is 1.88 bits per heavy atom. The Bertz CT molecular complexity index is 978. The second-order valence-electron chi connectivity index (χ2n) is 6.43. The second-order valence-corrected chi connectivity index (χ2v) is 6.43. The number of hydrogen-bond donors (Lipinski definition) is 2. The summed E-state index contributed by atoms with van der Waals surface area (Å²) in [7, 11) is 1.84. The molecule has 1 aromatic carbocycles. The van der Waals surface area contributed by atoms with E-state index in [0.29, 0.717) is 5.82 Å². The Morgan fingerprint density at radius 1 is 1.08 bits per heavy atom. The quantitative estimate of drug-likeness (QED) is 0.728. The molecule has 1 aliphatic rings. The van der Waals surface area contributed by atoms with Crippen molar-refractivity contribution in [2.24, 2.45) is 5.92 Å². The monoisotopic (exact) mass is 344 g/mol. The zero-order valence-electron chi connectivity index (χ0n) is 14.6. The molecule has 4 rings (SSSR count). The fourth-order valence-electron chi connectivity index (χ4n) is 2.88. The van der Waals surface area contributed by atoms with E-state index in [2.05, 4.69) is 38.8 Å². The van der Waals surface area contributed by atoms with Crippen LogP contribution in [0.1, 0.15) is 24.0 Å². The van der Waals surface area contributed by atoms with Crippen molar-refractivity contribution in [3.63, 3.8) is 0 Å². The number of nitrogens with one attached hydrogen (secondary N) is 2. The van der Waals surface area contributed by atoms with E-state index < -0.39 is 0 Å². The Labute approximate surface area is 152 Å². The van der Waals surface area contributed by atoms with Gasteiger partial charge in [-0.15, -0.1) is 0 Å². The first-order valence-electron chi connectivity index (χ1n) is 8.75. The van der Waals surface area contributed by atoms with Gasteiger partial charge in [0.2, 0.25) is 5.91 Å². The third kappa shape index (κ3) is 3.42. The second kappa shape index (κ2) is 6.96. The number of carbonyl (C=O) groups excluding carboxylic acids is 1. The van der Waals surface area contributed by atoms with Gasteiger partial charge in [0.25, 0.3) is 0 Å². The fraction of sp³-hybridized carbons (Fsp3) is 0.190. The number of hydrogen-bond acceptors (Lipinski definition) is 4. The molecule has 2 heterocycles. The normalized spacial score (nSPS) is 13.9. The maximum atomic E-state index is 12.0. The fourth-order valence-corrected chi connectivity index (χ4v) is 2.88. The number of anilines is 2. The van der Waals surface area contributed by atoms with Crippen LogP contribution in [0.25, 0.3) is 22.9 Å². The summed E-state index contributed by atoms with van der Waals surface area (Å²) in [5.74, 6) is 1.55. The molecule has 1 amide bonds. The number of aromatic nitrogens is 2. The van der Waals surface area contributed by atoms with Crippen LogP contribution in [-0.4, -0.2) is 22.9 Å². The van der Waals surface area contributed by atoms with E-state index in [1.54, 1.807) is 6.20 Å². The van der Waals surface area contributed by atoms with Gasteiger partial charge in [-0.2, -0.15) is 0 Å². The van der Waals surface area contributed by atoms with Gasteiger partial charge in [-0.05, 0) is 29.9 Å². The molecule has 26 heavy (non-hydrogen) atoms. The van der Waals surface area contributed by atoms with Crippen molar-refractivity contribution in [1.29, 1.82) is 0 Å². The number of nitrogens with zero attached hydrogens (tertiary/aromatic N) is 2. The Hall–Kier alpha value is -3.21. The molecule has 5 nitrogen and oxygen atoms in total. The molecule has 2 N–H and O–H groups in total. The Balaban J connectivity index is 1.73. The van der Waals surface area contributed by atoms with Crippen molar-refractivity contribution in [3.05, 3.63) is 59.9 Å². The number of fused-ring (bicyclic) bond motifs is 1. The minimum absolute atomic E-state index is 0.0566. The molecule has 0 unspecified atom stereocenters. The van der Waals surface area contributed by atoms with Crippen LogP contribution in [-0.2, 0) is 4.79 Å². The number of benzene rings is 1. The summed E-state index contributed by atoms with van der Waals surface area (Å²) >= 11 is 0. The first-order chi connectivity index (χ1) is 12.7. The summed E-state index contributed by atoms with van der Waals surface area (Å²) in [6.07, 6.45) is 9.63. The van der Waals surface area contributed by atoms with E-state index >= 15 is 0 Å². The molecule has 130 valence electrons. The van der Waals surface area contributed by atoms with Crippen molar-refractivity contribution < 1.29 is 4.79 Å². The van der Waals surface area contributed by atoms with Gasteiger partial charge in [0.05, 0.1) is 0 Å². The predicted octanol–water partition coefficient (Wildman–Crippen LogP) is 4.19. The Kier molecular flexibility index (Phi) is 4.35. The SMILES string of the molecule is CNc1ncc(/C=C/c2ccccc2)c2cc(NC(=O)C3CC3)ncc12. The van der Waals surface area contributed by atoms with Gasteiger partial charge < -0.3 is 10.6 Å². The van der Waals surface area contributed by atoms with E-state index in [4.69, 9.17) is 0 Å². The minimum atomic E-state index is 0.0566. The summed E-state index contributed by atoms with van der Waals surface area (Å²) in [5.41, 5.74) is 2.10. The maximum absolute atomic E-state index is 12.0. The minimum Gasteiger partial charge on any atom is -0.373 e. The van der Waals surface area contributed by atoms with Crippen LogP contribution in [0.2, 0.25) is 0 Å². The Morgan fingerprint density at radius 3 is 2.62 bits per heavy atom. The molecule has 0 bridgehead atoms. The van der Waals surface area contributed by atoms with Crippen molar-refractivity contribution in [2.75, 3.05) is 17.7 Å². The van der Waals surface area contributed by atoms with E-state index in [0.717, 1.165) is 40.6 Å². The van der Waals surface area contributed by atoms with Crippen LogP contribution in [0.3, 0.4) is 0 Å². The van der Waals surface area contributed by atoms with Crippen LogP contribution in [0.4, 0.5) is 11.6 Å². The molecule has 1 aliphatic carbocycles. The van der Waals surface area contributed by atoms with Crippen molar-refractivity contribution in [1.82, 2.24) is 9.97 Å². The average molecular weight is 344 g/mol. The number of rotatable bonds is 5. The largest absolute Gasteiger partial charge is 0.373 e. The van der Waals surface area contributed by atoms with Crippen molar-refractivity contribution >= 4 is 40.5 Å². The van der Waals surface area contributed by atoms with E-state index in [1.165, 1.54) is 0 Å². The summed E-state index contributed by atoms with van der Waals surface area (Å²) in [6, 6.07) is 12.0. The lowest BCUT2D eigenvalue weighted by atomic mass is 10.1. The number of pyridine rings is 2. The van der Waals surface area contributed by atoms with Gasteiger partial charge in [0.1, 0.15) is 11.6 Å². The molecule has 0 atom stereocenters. The highest BCUT2D eigenvalue weighted by molar-refractivity contribution is 6.01. The average Bonchev–Trinajstić information content (AvgIpc) is 3.52. The van der Waals surface area contributed by atoms with Crippen molar-refractivity contribution in [2.45, 2.75) is 12.8 Å². The highest BCUT2D eigenvalue weighted by atomic mass is 16.2. The predicted molar refractivity (Wildman–Crippen MR) is 106 cm³/mol. The van der Waals surface area contributed by atoms with Crippen molar-refractivity contribution in [3.8, 4) is 0 Å². The van der Waals surface area contributed by atoms with E-state index in [9.17, 15) is 4.79 Å². The van der Waals surface area contributed by atoms with Crippen LogP contribution >= 0.6 is 0 Å². The summed E-state index contributed by atoms with van der Waals surface area (Å²) in [5, 5.41) is 7.94.